The molecule has 1 amide bonds. The van der Waals surface area contributed by atoms with Crippen LogP contribution in [0.4, 0.5) is 0 Å². The van der Waals surface area contributed by atoms with Crippen molar-refractivity contribution in [3.8, 4) is 0 Å². The predicted molar refractivity (Wildman–Crippen MR) is 52.0 cm³/mol. The van der Waals surface area contributed by atoms with E-state index in [1.165, 1.54) is 0 Å². The van der Waals surface area contributed by atoms with E-state index in [9.17, 15) is 4.79 Å². The summed E-state index contributed by atoms with van der Waals surface area (Å²) in [4.78, 5) is 9.82. The van der Waals surface area contributed by atoms with Gasteiger partial charge in [0.15, 0.2) is 0 Å². The summed E-state index contributed by atoms with van der Waals surface area (Å²) >= 11 is 0. The van der Waals surface area contributed by atoms with Crippen molar-refractivity contribution in [1.82, 2.24) is 0 Å². The van der Waals surface area contributed by atoms with Crippen LogP contribution in [0.5, 0.6) is 0 Å². The van der Waals surface area contributed by atoms with Crippen LogP contribution in [0.15, 0.2) is 12.2 Å². The molecule has 4 heteroatoms. The second kappa shape index (κ2) is 6.62. The van der Waals surface area contributed by atoms with Crippen LogP contribution in [0.3, 0.4) is 0 Å². The third-order valence-corrected chi connectivity index (χ3v) is 1.28. The maximum absolute atomic E-state index is 9.82. The van der Waals surface area contributed by atoms with Gasteiger partial charge < -0.3 is 15.9 Å². The summed E-state index contributed by atoms with van der Waals surface area (Å²) in [5.74, 6) is -0.435. The average Bonchev–Trinajstić information content (AvgIpc) is 2.05. The van der Waals surface area contributed by atoms with Gasteiger partial charge in [-0.1, -0.05) is 20.4 Å². The van der Waals surface area contributed by atoms with Crippen LogP contribution in [0.25, 0.3) is 0 Å². The summed E-state index contributed by atoms with van der Waals surface area (Å²) < 4.78 is 0. The first-order valence-electron chi connectivity index (χ1n) is 3.94. The maximum Gasteiger partial charge on any atom is 0.243 e. The van der Waals surface area contributed by atoms with Gasteiger partial charge in [-0.2, -0.15) is 0 Å². The molecule has 0 heterocycles. The van der Waals surface area contributed by atoms with Crippen LogP contribution in [0, 0.1) is 5.41 Å². The molecule has 0 aliphatic rings. The minimum Gasteiger partial charge on any atom is -0.396 e. The molecule has 0 rings (SSSR count). The highest BCUT2D eigenvalue weighted by molar-refractivity contribution is 5.90. The second-order valence-electron chi connectivity index (χ2n) is 3.63. The zero-order valence-electron chi connectivity index (χ0n) is 8.50. The molecule has 0 saturated carbocycles. The van der Waals surface area contributed by atoms with Crippen LogP contribution in [0.1, 0.15) is 20.8 Å². The van der Waals surface area contributed by atoms with Gasteiger partial charge in [-0.25, -0.2) is 0 Å². The second-order valence-corrected chi connectivity index (χ2v) is 3.63. The zero-order valence-corrected chi connectivity index (χ0v) is 8.50. The maximum atomic E-state index is 9.82. The normalized spacial score (nSPS) is 9.92. The van der Waals surface area contributed by atoms with E-state index in [-0.39, 0.29) is 18.6 Å². The summed E-state index contributed by atoms with van der Waals surface area (Å²) in [5, 5.41) is 16.9. The number of carbonyl (C=O) groups is 1. The van der Waals surface area contributed by atoms with Crippen molar-refractivity contribution >= 4 is 5.91 Å². The number of hydrogen-bond donors (Lipinski definition) is 3. The minimum atomic E-state index is -0.435. The lowest BCUT2D eigenvalue weighted by molar-refractivity contribution is -0.114. The van der Waals surface area contributed by atoms with Crippen LogP contribution in [-0.2, 0) is 4.79 Å². The third-order valence-electron chi connectivity index (χ3n) is 1.28. The lowest BCUT2D eigenvalue weighted by Gasteiger charge is -2.16. The molecule has 0 aliphatic carbocycles. The average molecular weight is 189 g/mol. The topological polar surface area (TPSA) is 83.6 Å². The monoisotopic (exact) mass is 189 g/mol. The summed E-state index contributed by atoms with van der Waals surface area (Å²) in [6.07, 6.45) is 0. The van der Waals surface area contributed by atoms with E-state index in [0.29, 0.717) is 5.57 Å². The molecule has 4 N–H and O–H groups in total. The van der Waals surface area contributed by atoms with Gasteiger partial charge in [0, 0.05) is 11.0 Å². The first-order valence-corrected chi connectivity index (χ1v) is 3.94. The lowest BCUT2D eigenvalue weighted by atomic mass is 9.97. The molecule has 78 valence electrons. The Bertz CT molecular complexity index is 158. The molecular formula is C9H19NO3. The number of carbonyl (C=O) groups excluding carboxylic acids is 1. The van der Waals surface area contributed by atoms with E-state index in [0.717, 1.165) is 0 Å². The Balaban J connectivity index is 0. The third kappa shape index (κ3) is 11.1. The van der Waals surface area contributed by atoms with Gasteiger partial charge >= 0.3 is 0 Å². The standard InChI is InChI=1S/C5H12O2.C4H7NO/c1-5(2,3-6)4-7;1-3(2)4(5)6/h6-7H,3-4H2,1-2H3;1H2,2H3,(H2,5,6). The summed E-state index contributed by atoms with van der Waals surface area (Å²) in [6, 6.07) is 0. The Morgan fingerprint density at radius 1 is 1.38 bits per heavy atom. The Morgan fingerprint density at radius 3 is 1.62 bits per heavy atom. The number of hydrogen-bond acceptors (Lipinski definition) is 3. The number of amides is 1. The minimum absolute atomic E-state index is 0.0451. The van der Waals surface area contributed by atoms with Gasteiger partial charge in [0.2, 0.25) is 5.91 Å². The van der Waals surface area contributed by atoms with Crippen LogP contribution in [-0.4, -0.2) is 29.3 Å². The van der Waals surface area contributed by atoms with Crippen molar-refractivity contribution in [2.75, 3.05) is 13.2 Å². The number of primary amides is 1. The molecule has 0 bridgehead atoms. The SMILES string of the molecule is C=C(C)C(N)=O.CC(C)(CO)CO. The fraction of sp³-hybridized carbons (Fsp3) is 0.667. The molecule has 0 fully saturated rings. The molecule has 0 aromatic heterocycles. The summed E-state index contributed by atoms with van der Waals surface area (Å²) in [5.41, 5.74) is 4.79. The first-order chi connectivity index (χ1) is 5.76. The van der Waals surface area contributed by atoms with Gasteiger partial charge in [-0.3, -0.25) is 4.79 Å². The van der Waals surface area contributed by atoms with E-state index < -0.39 is 5.91 Å². The van der Waals surface area contributed by atoms with Gasteiger partial charge in [0.05, 0.1) is 13.2 Å². The number of aliphatic hydroxyl groups is 2. The summed E-state index contributed by atoms with van der Waals surface area (Å²) in [6.45, 7) is 8.54. The fourth-order valence-electron chi connectivity index (χ4n) is 0.0500. The molecule has 0 atom stereocenters. The van der Waals surface area contributed by atoms with Crippen molar-refractivity contribution in [3.63, 3.8) is 0 Å². The molecule has 0 saturated heterocycles. The van der Waals surface area contributed by atoms with Crippen LogP contribution in [0.2, 0.25) is 0 Å². The highest BCUT2D eigenvalue weighted by atomic mass is 16.3. The predicted octanol–water partition coefficient (Wildman–Crippen LogP) is 0.0450. The largest absolute Gasteiger partial charge is 0.396 e. The Kier molecular flexibility index (Phi) is 7.46. The molecular weight excluding hydrogens is 170 g/mol. The molecule has 0 spiro atoms. The lowest BCUT2D eigenvalue weighted by Crippen LogP contribution is -2.20. The fourth-order valence-corrected chi connectivity index (χ4v) is 0.0500. The van der Waals surface area contributed by atoms with E-state index in [1.54, 1.807) is 20.8 Å². The Morgan fingerprint density at radius 2 is 1.62 bits per heavy atom. The number of nitrogens with two attached hydrogens (primary N) is 1. The number of aliphatic hydroxyl groups excluding tert-OH is 2. The van der Waals surface area contributed by atoms with Gasteiger partial charge in [-0.05, 0) is 6.92 Å². The molecule has 0 unspecified atom stereocenters. The molecule has 0 aliphatic heterocycles. The van der Waals surface area contributed by atoms with E-state index in [2.05, 4.69) is 6.58 Å². The Hall–Kier alpha value is -0.870. The molecule has 13 heavy (non-hydrogen) atoms. The van der Waals surface area contributed by atoms with Crippen molar-refractivity contribution in [1.29, 1.82) is 0 Å². The van der Waals surface area contributed by atoms with E-state index >= 15 is 0 Å². The van der Waals surface area contributed by atoms with Crippen molar-refractivity contribution in [3.05, 3.63) is 12.2 Å². The highest BCUT2D eigenvalue weighted by Gasteiger charge is 2.13. The van der Waals surface area contributed by atoms with Crippen molar-refractivity contribution < 1.29 is 15.0 Å². The highest BCUT2D eigenvalue weighted by Crippen LogP contribution is 2.10. The summed E-state index contributed by atoms with van der Waals surface area (Å²) in [7, 11) is 0. The molecule has 4 nitrogen and oxygen atoms in total. The quantitative estimate of drug-likeness (QED) is 0.548. The first kappa shape index (κ1) is 14.6. The van der Waals surface area contributed by atoms with Gasteiger partial charge in [0.25, 0.3) is 0 Å². The van der Waals surface area contributed by atoms with Crippen LogP contribution >= 0.6 is 0 Å². The molecule has 0 aromatic carbocycles. The van der Waals surface area contributed by atoms with E-state index in [4.69, 9.17) is 15.9 Å². The van der Waals surface area contributed by atoms with Gasteiger partial charge in [0.1, 0.15) is 0 Å². The van der Waals surface area contributed by atoms with Crippen LogP contribution < -0.4 is 5.73 Å². The Labute approximate surface area is 79.1 Å². The zero-order chi connectivity index (χ0) is 11.1. The van der Waals surface area contributed by atoms with E-state index in [1.807, 2.05) is 0 Å². The van der Waals surface area contributed by atoms with Gasteiger partial charge in [-0.15, -0.1) is 0 Å². The number of rotatable bonds is 3. The van der Waals surface area contributed by atoms with Crippen molar-refractivity contribution in [2.24, 2.45) is 11.1 Å². The van der Waals surface area contributed by atoms with Crippen molar-refractivity contribution in [2.45, 2.75) is 20.8 Å². The molecule has 0 radical (unpaired) electrons. The smallest absolute Gasteiger partial charge is 0.243 e. The molecule has 0 aromatic rings.